The van der Waals surface area contributed by atoms with Gasteiger partial charge in [0.05, 0.1) is 24.1 Å². The van der Waals surface area contributed by atoms with Gasteiger partial charge in [-0.2, -0.15) is 23.5 Å². The van der Waals surface area contributed by atoms with Gasteiger partial charge in [0, 0.05) is 30.3 Å². The Bertz CT molecular complexity index is 1370. The summed E-state index contributed by atoms with van der Waals surface area (Å²) in [6.45, 7) is 4.90. The summed E-state index contributed by atoms with van der Waals surface area (Å²) in [7, 11) is 1.23. The number of aromatic nitrogens is 2. The standard InChI is InChI=1S/C26H24F4N4O3/c1-15(26(28,29)30)37-20-10-5-16(11-31)22(36-4)21(20)24(35)33-12-17-13-34(19-8-6-18(27)7-9-19)32-23(17)25(2,3)14-33/h5-10,13,15H,12,14H2,1-4H3. The van der Waals surface area contributed by atoms with E-state index in [1.54, 1.807) is 23.0 Å². The van der Waals surface area contributed by atoms with Crippen LogP contribution in [-0.2, 0) is 12.0 Å². The van der Waals surface area contributed by atoms with Crippen LogP contribution < -0.4 is 9.47 Å². The lowest BCUT2D eigenvalue weighted by molar-refractivity contribution is -0.189. The first-order valence-electron chi connectivity index (χ1n) is 11.3. The van der Waals surface area contributed by atoms with Gasteiger partial charge in [0.15, 0.2) is 11.9 Å². The van der Waals surface area contributed by atoms with Crippen LogP contribution in [0.2, 0.25) is 0 Å². The number of nitrogens with zero attached hydrogens (tertiary/aromatic N) is 4. The van der Waals surface area contributed by atoms with Crippen molar-refractivity contribution in [2.24, 2.45) is 0 Å². The van der Waals surface area contributed by atoms with Gasteiger partial charge in [0.1, 0.15) is 23.2 Å². The molecule has 0 spiro atoms. The van der Waals surface area contributed by atoms with E-state index in [9.17, 15) is 27.6 Å². The Balaban J connectivity index is 1.75. The third kappa shape index (κ3) is 4.96. The first-order chi connectivity index (χ1) is 17.4. The second-order valence-corrected chi connectivity index (χ2v) is 9.40. The normalized spacial score (nSPS) is 15.5. The number of halogens is 4. The summed E-state index contributed by atoms with van der Waals surface area (Å²) in [4.78, 5) is 15.3. The van der Waals surface area contributed by atoms with Crippen LogP contribution in [0.4, 0.5) is 17.6 Å². The third-order valence-electron chi connectivity index (χ3n) is 6.18. The van der Waals surface area contributed by atoms with Gasteiger partial charge in [-0.25, -0.2) is 9.07 Å². The van der Waals surface area contributed by atoms with Gasteiger partial charge in [-0.15, -0.1) is 0 Å². The van der Waals surface area contributed by atoms with E-state index in [1.807, 2.05) is 19.9 Å². The maximum absolute atomic E-state index is 13.8. The molecule has 1 atom stereocenters. The SMILES string of the molecule is COc1c(C#N)ccc(OC(C)C(F)(F)F)c1C(=O)N1Cc2cn(-c3ccc(F)cc3)nc2C(C)(C)C1. The minimum absolute atomic E-state index is 0.0149. The molecule has 1 aromatic heterocycles. The molecular formula is C26H24F4N4O3. The van der Waals surface area contributed by atoms with E-state index >= 15 is 0 Å². The molecule has 1 aliphatic rings. The summed E-state index contributed by atoms with van der Waals surface area (Å²) >= 11 is 0. The number of rotatable bonds is 5. The van der Waals surface area contributed by atoms with Gasteiger partial charge >= 0.3 is 6.18 Å². The van der Waals surface area contributed by atoms with Crippen molar-refractivity contribution in [1.29, 1.82) is 5.26 Å². The first-order valence-corrected chi connectivity index (χ1v) is 11.3. The van der Waals surface area contributed by atoms with E-state index in [1.165, 1.54) is 36.3 Å². The monoisotopic (exact) mass is 516 g/mol. The summed E-state index contributed by atoms with van der Waals surface area (Å²) in [6, 6.07) is 10.1. The zero-order valence-electron chi connectivity index (χ0n) is 20.6. The summed E-state index contributed by atoms with van der Waals surface area (Å²) < 4.78 is 65.2. The number of methoxy groups -OCH3 is 1. The minimum Gasteiger partial charge on any atom is -0.494 e. The molecular weight excluding hydrogens is 492 g/mol. The van der Waals surface area contributed by atoms with E-state index in [0.29, 0.717) is 5.69 Å². The maximum atomic E-state index is 13.8. The average Bonchev–Trinajstić information content (AvgIpc) is 3.28. The van der Waals surface area contributed by atoms with Crippen LogP contribution in [0, 0.1) is 17.1 Å². The molecule has 0 N–H and O–H groups in total. The first kappa shape index (κ1) is 26.0. The Morgan fingerprint density at radius 3 is 2.46 bits per heavy atom. The fraction of sp³-hybridized carbons (Fsp3) is 0.346. The van der Waals surface area contributed by atoms with Crippen LogP contribution in [0.5, 0.6) is 11.5 Å². The van der Waals surface area contributed by atoms with Crippen molar-refractivity contribution in [3.8, 4) is 23.3 Å². The fourth-order valence-electron chi connectivity index (χ4n) is 4.36. The van der Waals surface area contributed by atoms with Crippen molar-refractivity contribution < 1.29 is 31.8 Å². The van der Waals surface area contributed by atoms with Crippen molar-refractivity contribution in [1.82, 2.24) is 14.7 Å². The zero-order chi connectivity index (χ0) is 27.1. The maximum Gasteiger partial charge on any atom is 0.425 e. The van der Waals surface area contributed by atoms with Crippen LogP contribution in [0.15, 0.2) is 42.6 Å². The van der Waals surface area contributed by atoms with Crippen molar-refractivity contribution in [3.05, 3.63) is 70.8 Å². The predicted octanol–water partition coefficient (Wildman–Crippen LogP) is 5.15. The van der Waals surface area contributed by atoms with E-state index in [2.05, 4.69) is 5.10 Å². The molecule has 2 heterocycles. The van der Waals surface area contributed by atoms with Gasteiger partial charge in [-0.3, -0.25) is 4.79 Å². The minimum atomic E-state index is -4.67. The number of carbonyl (C=O) groups excluding carboxylic acids is 1. The molecule has 0 radical (unpaired) electrons. The number of fused-ring (bicyclic) bond motifs is 1. The Hall–Kier alpha value is -4.07. The van der Waals surface area contributed by atoms with Crippen molar-refractivity contribution >= 4 is 5.91 Å². The molecule has 0 aliphatic carbocycles. The van der Waals surface area contributed by atoms with Gasteiger partial charge in [0.25, 0.3) is 5.91 Å². The van der Waals surface area contributed by atoms with Crippen molar-refractivity contribution in [2.75, 3.05) is 13.7 Å². The topological polar surface area (TPSA) is 80.4 Å². The van der Waals surface area contributed by atoms with Gasteiger partial charge < -0.3 is 14.4 Å². The number of alkyl halides is 3. The molecule has 3 aromatic rings. The van der Waals surface area contributed by atoms with Crippen LogP contribution in [0.1, 0.15) is 48.0 Å². The number of ether oxygens (including phenoxy) is 2. The molecule has 1 amide bonds. The molecule has 0 bridgehead atoms. The Kier molecular flexibility index (Phi) is 6.62. The Labute approximate surface area is 210 Å². The molecule has 7 nitrogen and oxygen atoms in total. The van der Waals surface area contributed by atoms with E-state index in [-0.39, 0.29) is 41.5 Å². The second kappa shape index (κ2) is 9.42. The highest BCUT2D eigenvalue weighted by Gasteiger charge is 2.41. The lowest BCUT2D eigenvalue weighted by Crippen LogP contribution is -2.45. The van der Waals surface area contributed by atoms with Crippen molar-refractivity contribution in [2.45, 2.75) is 45.0 Å². The molecule has 0 saturated heterocycles. The number of nitriles is 1. The predicted molar refractivity (Wildman–Crippen MR) is 125 cm³/mol. The van der Waals surface area contributed by atoms with Crippen molar-refractivity contribution in [3.63, 3.8) is 0 Å². The molecule has 4 rings (SSSR count). The summed E-state index contributed by atoms with van der Waals surface area (Å²) in [5, 5.41) is 14.2. The number of amides is 1. The second-order valence-electron chi connectivity index (χ2n) is 9.40. The smallest absolute Gasteiger partial charge is 0.425 e. The fourth-order valence-corrected chi connectivity index (χ4v) is 4.36. The lowest BCUT2D eigenvalue weighted by Gasteiger charge is -2.37. The van der Waals surface area contributed by atoms with Gasteiger partial charge in [-0.1, -0.05) is 13.8 Å². The van der Waals surface area contributed by atoms with E-state index < -0.39 is 23.6 Å². The lowest BCUT2D eigenvalue weighted by atomic mass is 9.83. The molecule has 0 saturated carbocycles. The summed E-state index contributed by atoms with van der Waals surface area (Å²) in [6.07, 6.45) is -5.14. The summed E-state index contributed by atoms with van der Waals surface area (Å²) in [5.74, 6) is -1.53. The van der Waals surface area contributed by atoms with Crippen LogP contribution >= 0.6 is 0 Å². The number of benzene rings is 2. The van der Waals surface area contributed by atoms with Crippen LogP contribution in [0.3, 0.4) is 0 Å². The van der Waals surface area contributed by atoms with Gasteiger partial charge in [-0.05, 0) is 43.3 Å². The average molecular weight is 516 g/mol. The molecule has 2 aromatic carbocycles. The van der Waals surface area contributed by atoms with Gasteiger partial charge in [0.2, 0.25) is 0 Å². The highest BCUT2D eigenvalue weighted by atomic mass is 19.4. The van der Waals surface area contributed by atoms with E-state index in [4.69, 9.17) is 9.47 Å². The highest BCUT2D eigenvalue weighted by Crippen LogP contribution is 2.39. The molecule has 0 fully saturated rings. The van der Waals surface area contributed by atoms with Crippen LogP contribution in [-0.4, -0.2) is 46.5 Å². The highest BCUT2D eigenvalue weighted by molar-refractivity contribution is 6.00. The quantitative estimate of drug-likeness (QED) is 0.438. The Morgan fingerprint density at radius 2 is 1.86 bits per heavy atom. The Morgan fingerprint density at radius 1 is 1.19 bits per heavy atom. The zero-order valence-corrected chi connectivity index (χ0v) is 20.6. The third-order valence-corrected chi connectivity index (χ3v) is 6.18. The number of carbonyl (C=O) groups is 1. The number of hydrogen-bond acceptors (Lipinski definition) is 5. The summed E-state index contributed by atoms with van der Waals surface area (Å²) in [5.41, 5.74) is 1.18. The molecule has 11 heteroatoms. The number of hydrogen-bond donors (Lipinski definition) is 0. The van der Waals surface area contributed by atoms with E-state index in [0.717, 1.165) is 18.2 Å². The molecule has 37 heavy (non-hydrogen) atoms. The molecule has 1 aliphatic heterocycles. The molecule has 1 unspecified atom stereocenters. The largest absolute Gasteiger partial charge is 0.494 e. The molecule has 194 valence electrons. The van der Waals surface area contributed by atoms with Crippen LogP contribution in [0.25, 0.3) is 5.69 Å².